The highest BCUT2D eigenvalue weighted by Crippen LogP contribution is 2.17. The van der Waals surface area contributed by atoms with E-state index in [1.165, 1.54) is 24.3 Å². The highest BCUT2D eigenvalue weighted by Gasteiger charge is 2.19. The van der Waals surface area contributed by atoms with E-state index in [9.17, 15) is 9.18 Å². The lowest BCUT2D eigenvalue weighted by Crippen LogP contribution is -2.15. The molecule has 0 radical (unpaired) electrons. The summed E-state index contributed by atoms with van der Waals surface area (Å²) in [5.41, 5.74) is 0.445. The van der Waals surface area contributed by atoms with E-state index in [0.29, 0.717) is 12.2 Å². The molecule has 0 amide bonds. The van der Waals surface area contributed by atoms with Crippen LogP contribution in [0.4, 0.5) is 4.39 Å². The Morgan fingerprint density at radius 2 is 2.07 bits per heavy atom. The zero-order chi connectivity index (χ0) is 10.6. The van der Waals surface area contributed by atoms with E-state index in [0.717, 1.165) is 0 Å². The lowest BCUT2D eigenvalue weighted by molar-refractivity contribution is -0.150. The Kier molecular flexibility index (Phi) is 3.59. The van der Waals surface area contributed by atoms with Crippen LogP contribution in [-0.4, -0.2) is 17.7 Å². The predicted octanol–water partition coefficient (Wildman–Crippen LogP) is 1.99. The molecule has 1 aromatic rings. The number of rotatable bonds is 4. The van der Waals surface area contributed by atoms with Gasteiger partial charge in [-0.15, -0.1) is 0 Å². The molecule has 0 heterocycles. The lowest BCUT2D eigenvalue weighted by atomic mass is 10.1. The first-order valence-corrected chi connectivity index (χ1v) is 4.25. The van der Waals surface area contributed by atoms with Crippen LogP contribution in [0.3, 0.4) is 0 Å². The number of carbonyl (C=O) groups is 1. The fourth-order valence-electron chi connectivity index (χ4n) is 1.11. The SMILES string of the molecule is CCO[C@H](C(=O)O)c1ccc(F)cc1. The van der Waals surface area contributed by atoms with Crippen LogP contribution in [0.2, 0.25) is 0 Å². The maximum atomic E-state index is 12.5. The minimum absolute atomic E-state index is 0.300. The van der Waals surface area contributed by atoms with Crippen LogP contribution in [0.15, 0.2) is 24.3 Å². The number of halogens is 1. The molecular formula is C10H11FO3. The van der Waals surface area contributed by atoms with Crippen LogP contribution in [0.25, 0.3) is 0 Å². The van der Waals surface area contributed by atoms with E-state index in [1.54, 1.807) is 6.92 Å². The average molecular weight is 198 g/mol. The highest BCUT2D eigenvalue weighted by molar-refractivity contribution is 5.74. The molecule has 3 nitrogen and oxygen atoms in total. The molecule has 0 unspecified atom stereocenters. The second kappa shape index (κ2) is 4.72. The van der Waals surface area contributed by atoms with Crippen LogP contribution >= 0.6 is 0 Å². The van der Waals surface area contributed by atoms with Crippen molar-refractivity contribution >= 4 is 5.97 Å². The number of benzene rings is 1. The van der Waals surface area contributed by atoms with Crippen LogP contribution in [0, 0.1) is 5.82 Å². The monoisotopic (exact) mass is 198 g/mol. The smallest absolute Gasteiger partial charge is 0.337 e. The fraction of sp³-hybridized carbons (Fsp3) is 0.300. The van der Waals surface area contributed by atoms with Crippen LogP contribution in [0.5, 0.6) is 0 Å². The molecule has 76 valence electrons. The van der Waals surface area contributed by atoms with Crippen molar-refractivity contribution in [2.75, 3.05) is 6.61 Å². The molecule has 0 saturated heterocycles. The summed E-state index contributed by atoms with van der Waals surface area (Å²) >= 11 is 0. The Morgan fingerprint density at radius 1 is 1.50 bits per heavy atom. The molecule has 1 aromatic carbocycles. The molecular weight excluding hydrogens is 187 g/mol. The van der Waals surface area contributed by atoms with Gasteiger partial charge in [0.1, 0.15) is 5.82 Å². The van der Waals surface area contributed by atoms with Gasteiger partial charge in [0.2, 0.25) is 0 Å². The molecule has 0 saturated carbocycles. The maximum Gasteiger partial charge on any atom is 0.337 e. The molecule has 14 heavy (non-hydrogen) atoms. The standard InChI is InChI=1S/C10H11FO3/c1-2-14-9(10(12)13)7-3-5-8(11)6-4-7/h3-6,9H,2H2,1H3,(H,12,13)/t9-/m0/s1. The molecule has 0 spiro atoms. The van der Waals surface area contributed by atoms with Crippen molar-refractivity contribution in [1.82, 2.24) is 0 Å². The minimum atomic E-state index is -1.07. The van der Waals surface area contributed by atoms with Gasteiger partial charge in [-0.1, -0.05) is 12.1 Å². The van der Waals surface area contributed by atoms with Crippen molar-refractivity contribution in [3.05, 3.63) is 35.6 Å². The van der Waals surface area contributed by atoms with Gasteiger partial charge in [-0.25, -0.2) is 9.18 Å². The molecule has 4 heteroatoms. The zero-order valence-corrected chi connectivity index (χ0v) is 7.74. The van der Waals surface area contributed by atoms with E-state index >= 15 is 0 Å². The van der Waals surface area contributed by atoms with Gasteiger partial charge < -0.3 is 9.84 Å². The molecule has 0 fully saturated rings. The highest BCUT2D eigenvalue weighted by atomic mass is 19.1. The molecule has 1 N–H and O–H groups in total. The van der Waals surface area contributed by atoms with Gasteiger partial charge in [-0.05, 0) is 24.6 Å². The van der Waals surface area contributed by atoms with Crippen molar-refractivity contribution in [2.45, 2.75) is 13.0 Å². The number of carboxylic acids is 1. The van der Waals surface area contributed by atoms with Gasteiger partial charge in [-0.3, -0.25) is 0 Å². The summed E-state index contributed by atoms with van der Waals surface area (Å²) in [7, 11) is 0. The Morgan fingerprint density at radius 3 is 2.50 bits per heavy atom. The van der Waals surface area contributed by atoms with Crippen molar-refractivity contribution in [1.29, 1.82) is 0 Å². The van der Waals surface area contributed by atoms with Gasteiger partial charge in [0.15, 0.2) is 6.10 Å². The summed E-state index contributed by atoms with van der Waals surface area (Å²) in [6.07, 6.45) is -1.01. The molecule has 0 aliphatic rings. The van der Waals surface area contributed by atoms with Crippen LogP contribution in [-0.2, 0) is 9.53 Å². The number of hydrogen-bond donors (Lipinski definition) is 1. The number of ether oxygens (including phenoxy) is 1. The second-order valence-corrected chi connectivity index (χ2v) is 2.73. The van der Waals surface area contributed by atoms with Gasteiger partial charge in [0.05, 0.1) is 0 Å². The Labute approximate surface area is 81.1 Å². The molecule has 0 aliphatic carbocycles. The predicted molar refractivity (Wildman–Crippen MR) is 48.4 cm³/mol. The van der Waals surface area contributed by atoms with Crippen molar-refractivity contribution in [2.24, 2.45) is 0 Å². The van der Waals surface area contributed by atoms with Crippen molar-refractivity contribution in [3.63, 3.8) is 0 Å². The number of carboxylic acid groups (broad SMARTS) is 1. The largest absolute Gasteiger partial charge is 0.479 e. The molecule has 1 rings (SSSR count). The van der Waals surface area contributed by atoms with E-state index < -0.39 is 17.9 Å². The average Bonchev–Trinajstić information content (AvgIpc) is 2.15. The summed E-state index contributed by atoms with van der Waals surface area (Å²) in [5, 5.41) is 8.81. The summed E-state index contributed by atoms with van der Waals surface area (Å²) in [6.45, 7) is 2.01. The first kappa shape index (κ1) is 10.7. The Bertz CT molecular complexity index is 308. The summed E-state index contributed by atoms with van der Waals surface area (Å²) in [4.78, 5) is 10.8. The molecule has 0 aromatic heterocycles. The van der Waals surface area contributed by atoms with Crippen LogP contribution < -0.4 is 0 Å². The Hall–Kier alpha value is -1.42. The van der Waals surface area contributed by atoms with E-state index in [1.807, 2.05) is 0 Å². The van der Waals surface area contributed by atoms with E-state index in [4.69, 9.17) is 9.84 Å². The number of aliphatic carboxylic acids is 1. The zero-order valence-electron chi connectivity index (χ0n) is 7.74. The quantitative estimate of drug-likeness (QED) is 0.804. The van der Waals surface area contributed by atoms with Gasteiger partial charge >= 0.3 is 5.97 Å². The molecule has 0 bridgehead atoms. The third-order valence-corrected chi connectivity index (χ3v) is 1.73. The topological polar surface area (TPSA) is 46.5 Å². The second-order valence-electron chi connectivity index (χ2n) is 2.73. The Balaban J connectivity index is 2.87. The minimum Gasteiger partial charge on any atom is -0.479 e. The van der Waals surface area contributed by atoms with Crippen LogP contribution in [0.1, 0.15) is 18.6 Å². The first-order chi connectivity index (χ1) is 6.65. The van der Waals surface area contributed by atoms with E-state index in [-0.39, 0.29) is 0 Å². The van der Waals surface area contributed by atoms with Gasteiger partial charge in [0.25, 0.3) is 0 Å². The number of hydrogen-bond acceptors (Lipinski definition) is 2. The van der Waals surface area contributed by atoms with Crippen molar-refractivity contribution in [3.8, 4) is 0 Å². The van der Waals surface area contributed by atoms with Gasteiger partial charge in [-0.2, -0.15) is 0 Å². The van der Waals surface area contributed by atoms with Gasteiger partial charge in [0, 0.05) is 6.61 Å². The summed E-state index contributed by atoms with van der Waals surface area (Å²) < 4.78 is 17.6. The first-order valence-electron chi connectivity index (χ1n) is 4.25. The third kappa shape index (κ3) is 2.53. The maximum absolute atomic E-state index is 12.5. The van der Waals surface area contributed by atoms with E-state index in [2.05, 4.69) is 0 Å². The normalized spacial score (nSPS) is 12.4. The van der Waals surface area contributed by atoms with Crippen molar-refractivity contribution < 1.29 is 19.0 Å². The summed E-state index contributed by atoms with van der Waals surface area (Å²) in [5.74, 6) is -1.46. The third-order valence-electron chi connectivity index (χ3n) is 1.73. The summed E-state index contributed by atoms with van der Waals surface area (Å²) in [6, 6.07) is 5.24. The molecule has 1 atom stereocenters. The fourth-order valence-corrected chi connectivity index (χ4v) is 1.11. The lowest BCUT2D eigenvalue weighted by Gasteiger charge is -2.12. The molecule has 0 aliphatic heterocycles.